The second kappa shape index (κ2) is 7.19. The van der Waals surface area contributed by atoms with Crippen LogP contribution in [-0.4, -0.2) is 29.0 Å². The van der Waals surface area contributed by atoms with E-state index < -0.39 is 46.9 Å². The van der Waals surface area contributed by atoms with Crippen LogP contribution in [0.2, 0.25) is 5.02 Å². The van der Waals surface area contributed by atoms with E-state index in [1.54, 1.807) is 73.7 Å². The molecule has 0 aromatic heterocycles. The Kier molecular flexibility index (Phi) is 4.43. The predicted molar refractivity (Wildman–Crippen MR) is 124 cm³/mol. The Labute approximate surface area is 200 Å². The number of carbonyl (C=O) groups excluding carboxylic acids is 4. The molecule has 2 fully saturated rings. The Hall–Kier alpha value is -3.61. The number of hydrogen-bond donors (Lipinski definition) is 0. The first kappa shape index (κ1) is 21.0. The van der Waals surface area contributed by atoms with E-state index in [-0.39, 0.29) is 11.1 Å². The number of imide groups is 1. The van der Waals surface area contributed by atoms with Gasteiger partial charge >= 0.3 is 0 Å². The number of rotatable bonds is 2. The molecule has 3 aromatic rings. The van der Waals surface area contributed by atoms with Crippen LogP contribution in [0.15, 0.2) is 72.8 Å². The first-order valence-corrected chi connectivity index (χ1v) is 11.3. The van der Waals surface area contributed by atoms with Crippen molar-refractivity contribution in [2.45, 2.75) is 18.6 Å². The largest absolute Gasteiger partial charge is 0.349 e. The van der Waals surface area contributed by atoms with Crippen LogP contribution in [0.25, 0.3) is 0 Å². The maximum atomic E-state index is 13.9. The molecule has 2 aliphatic heterocycles. The van der Waals surface area contributed by atoms with Crippen LogP contribution in [-0.2, 0) is 14.3 Å². The van der Waals surface area contributed by atoms with E-state index in [0.29, 0.717) is 16.3 Å². The minimum absolute atomic E-state index is 0.206. The second-order valence-corrected chi connectivity index (χ2v) is 9.27. The van der Waals surface area contributed by atoms with Crippen LogP contribution < -0.4 is 4.90 Å². The van der Waals surface area contributed by atoms with Gasteiger partial charge in [-0.2, -0.15) is 0 Å². The van der Waals surface area contributed by atoms with E-state index in [9.17, 15) is 19.2 Å². The van der Waals surface area contributed by atoms with Gasteiger partial charge in [0.05, 0.1) is 23.6 Å². The number of para-hydroxylation sites is 1. The summed E-state index contributed by atoms with van der Waals surface area (Å²) in [7, 11) is 0. The van der Waals surface area contributed by atoms with E-state index in [1.807, 2.05) is 6.07 Å². The van der Waals surface area contributed by atoms with Crippen LogP contribution in [0.3, 0.4) is 0 Å². The highest BCUT2D eigenvalue weighted by atomic mass is 35.5. The third kappa shape index (κ3) is 2.55. The number of hydrogen-bond acceptors (Lipinski definition) is 5. The van der Waals surface area contributed by atoms with E-state index in [2.05, 4.69) is 0 Å². The highest BCUT2D eigenvalue weighted by Crippen LogP contribution is 2.57. The number of carbonyl (C=O) groups is 4. The standard InChI is InChI=1S/C27H18ClNO5/c1-14-6-2-5-9-19(14)29-25(32)20-21(26(29)33)27(34-22(20)15-10-12-16(28)13-11-15)23(30)17-7-3-4-8-18(17)24(27)31/h2-13,20-22H,1H3/t20-,21+,22+/m1/s1. The number of anilines is 1. The minimum Gasteiger partial charge on any atom is -0.349 e. The lowest BCUT2D eigenvalue weighted by molar-refractivity contribution is -0.127. The maximum Gasteiger partial charge on any atom is 0.241 e. The van der Waals surface area contributed by atoms with Gasteiger partial charge in [0.1, 0.15) is 0 Å². The molecule has 0 radical (unpaired) electrons. The molecule has 168 valence electrons. The zero-order valence-electron chi connectivity index (χ0n) is 18.0. The summed E-state index contributed by atoms with van der Waals surface area (Å²) in [5, 5.41) is 0.490. The Morgan fingerprint density at radius 2 is 1.38 bits per heavy atom. The summed E-state index contributed by atoms with van der Waals surface area (Å²) in [5.74, 6) is -4.55. The molecule has 3 aromatic carbocycles. The van der Waals surface area contributed by atoms with E-state index in [1.165, 1.54) is 0 Å². The molecule has 7 heteroatoms. The van der Waals surface area contributed by atoms with Gasteiger partial charge in [-0.05, 0) is 36.2 Å². The van der Waals surface area contributed by atoms with Crippen molar-refractivity contribution in [3.8, 4) is 0 Å². The molecule has 3 atom stereocenters. The van der Waals surface area contributed by atoms with Gasteiger partial charge in [0.15, 0.2) is 0 Å². The molecule has 0 bridgehead atoms. The zero-order chi connectivity index (χ0) is 23.8. The number of benzene rings is 3. The number of aryl methyl sites for hydroxylation is 1. The van der Waals surface area contributed by atoms with Crippen molar-refractivity contribution in [2.24, 2.45) is 11.8 Å². The molecule has 3 aliphatic rings. The Morgan fingerprint density at radius 1 is 0.794 bits per heavy atom. The fraction of sp³-hybridized carbons (Fsp3) is 0.185. The topological polar surface area (TPSA) is 80.8 Å². The van der Waals surface area contributed by atoms with Gasteiger partial charge < -0.3 is 4.74 Å². The third-order valence-corrected chi connectivity index (χ3v) is 7.33. The summed E-state index contributed by atoms with van der Waals surface area (Å²) < 4.78 is 6.25. The molecule has 34 heavy (non-hydrogen) atoms. The molecule has 0 N–H and O–H groups in total. The van der Waals surface area contributed by atoms with Crippen LogP contribution in [0.1, 0.15) is 37.9 Å². The smallest absolute Gasteiger partial charge is 0.241 e. The molecular weight excluding hydrogens is 454 g/mol. The monoisotopic (exact) mass is 471 g/mol. The van der Waals surface area contributed by atoms with Gasteiger partial charge in [-0.3, -0.25) is 19.2 Å². The number of amides is 2. The lowest BCUT2D eigenvalue weighted by atomic mass is 9.77. The van der Waals surface area contributed by atoms with Crippen molar-refractivity contribution in [3.05, 3.63) is 100 Å². The second-order valence-electron chi connectivity index (χ2n) is 8.83. The minimum atomic E-state index is -2.08. The van der Waals surface area contributed by atoms with E-state index >= 15 is 0 Å². The lowest BCUT2D eigenvalue weighted by Crippen LogP contribution is -2.51. The average molecular weight is 472 g/mol. The molecule has 1 spiro atoms. The van der Waals surface area contributed by atoms with Crippen molar-refractivity contribution in [3.63, 3.8) is 0 Å². The van der Waals surface area contributed by atoms with Crippen LogP contribution in [0, 0.1) is 18.8 Å². The molecule has 6 rings (SSSR count). The molecule has 0 unspecified atom stereocenters. The summed E-state index contributed by atoms with van der Waals surface area (Å²) in [6.45, 7) is 1.80. The quantitative estimate of drug-likeness (QED) is 0.410. The molecule has 6 nitrogen and oxygen atoms in total. The summed E-state index contributed by atoms with van der Waals surface area (Å²) in [6.07, 6.45) is -0.963. The SMILES string of the molecule is Cc1ccccc1N1C(=O)[C@@H]2[C@@H](C1=O)C1(O[C@H]2c2ccc(Cl)cc2)C(=O)c2ccccc2C1=O. The molecule has 2 heterocycles. The van der Waals surface area contributed by atoms with Crippen molar-refractivity contribution < 1.29 is 23.9 Å². The Morgan fingerprint density at radius 3 is 2.00 bits per heavy atom. The fourth-order valence-electron chi connectivity index (χ4n) is 5.52. The van der Waals surface area contributed by atoms with Crippen LogP contribution >= 0.6 is 11.6 Å². The molecular formula is C27H18ClNO5. The fourth-order valence-corrected chi connectivity index (χ4v) is 5.65. The van der Waals surface area contributed by atoms with Crippen molar-refractivity contribution in [2.75, 3.05) is 4.90 Å². The number of halogens is 1. The molecule has 0 saturated carbocycles. The predicted octanol–water partition coefficient (Wildman–Crippen LogP) is 4.34. The lowest BCUT2D eigenvalue weighted by Gasteiger charge is -2.27. The molecule has 2 saturated heterocycles. The van der Waals surface area contributed by atoms with Crippen LogP contribution in [0.5, 0.6) is 0 Å². The first-order chi connectivity index (χ1) is 16.4. The van der Waals surface area contributed by atoms with Gasteiger partial charge in [0, 0.05) is 16.1 Å². The molecule has 1 aliphatic carbocycles. The first-order valence-electron chi connectivity index (χ1n) is 10.9. The van der Waals surface area contributed by atoms with Gasteiger partial charge in [-0.15, -0.1) is 0 Å². The van der Waals surface area contributed by atoms with Crippen molar-refractivity contribution in [1.82, 2.24) is 0 Å². The number of Topliss-reactive ketones (excluding diaryl/α,β-unsaturated/α-hetero) is 2. The van der Waals surface area contributed by atoms with E-state index in [4.69, 9.17) is 16.3 Å². The number of ether oxygens (including phenoxy) is 1. The van der Waals surface area contributed by atoms with Crippen LogP contribution in [0.4, 0.5) is 5.69 Å². The Balaban J connectivity index is 1.56. The van der Waals surface area contributed by atoms with Crippen molar-refractivity contribution in [1.29, 1.82) is 0 Å². The zero-order valence-corrected chi connectivity index (χ0v) is 18.8. The highest BCUT2D eigenvalue weighted by molar-refractivity contribution is 6.37. The average Bonchev–Trinajstić information content (AvgIpc) is 3.40. The normalized spacial score (nSPS) is 24.8. The third-order valence-electron chi connectivity index (χ3n) is 7.07. The molecule has 2 amide bonds. The summed E-state index contributed by atoms with van der Waals surface area (Å²) >= 11 is 6.05. The summed E-state index contributed by atoms with van der Waals surface area (Å²) in [4.78, 5) is 56.2. The van der Waals surface area contributed by atoms with Gasteiger partial charge in [0.25, 0.3) is 0 Å². The number of ketones is 2. The van der Waals surface area contributed by atoms with Gasteiger partial charge in [-0.25, -0.2) is 4.90 Å². The van der Waals surface area contributed by atoms with E-state index in [0.717, 1.165) is 10.5 Å². The number of nitrogens with zero attached hydrogens (tertiary/aromatic N) is 1. The Bertz CT molecular complexity index is 1380. The number of fused-ring (bicyclic) bond motifs is 3. The summed E-state index contributed by atoms with van der Waals surface area (Å²) in [6, 6.07) is 20.1. The van der Waals surface area contributed by atoms with Crippen molar-refractivity contribution >= 4 is 40.7 Å². The van der Waals surface area contributed by atoms with Gasteiger partial charge in [0.2, 0.25) is 29.0 Å². The maximum absolute atomic E-state index is 13.9. The highest BCUT2D eigenvalue weighted by Gasteiger charge is 2.74. The summed E-state index contributed by atoms with van der Waals surface area (Å²) in [5.41, 5.74) is 0.0701. The van der Waals surface area contributed by atoms with Gasteiger partial charge in [-0.1, -0.05) is 66.2 Å².